The van der Waals surface area contributed by atoms with Crippen molar-refractivity contribution in [3.63, 3.8) is 0 Å². The lowest BCUT2D eigenvalue weighted by Crippen LogP contribution is -2.37. The van der Waals surface area contributed by atoms with Gasteiger partial charge in [0.2, 0.25) is 0 Å². The predicted molar refractivity (Wildman–Crippen MR) is 90.1 cm³/mol. The maximum atomic E-state index is 11.1. The lowest BCUT2D eigenvalue weighted by molar-refractivity contribution is 0.221. The molecule has 0 unspecified atom stereocenters. The van der Waals surface area contributed by atoms with E-state index in [-0.39, 0.29) is 0 Å². The first-order valence-electron chi connectivity index (χ1n) is 6.61. The highest BCUT2D eigenvalue weighted by molar-refractivity contribution is 7.65. The van der Waals surface area contributed by atoms with Crippen LogP contribution in [0.5, 0.6) is 0 Å². The van der Waals surface area contributed by atoms with Gasteiger partial charge in [-0.3, -0.25) is 9.46 Å². The molecule has 0 heterocycles. The van der Waals surface area contributed by atoms with E-state index in [0.717, 1.165) is 0 Å². The summed E-state index contributed by atoms with van der Waals surface area (Å²) in [5, 5.41) is 0. The highest BCUT2D eigenvalue weighted by Gasteiger charge is 2.41. The van der Waals surface area contributed by atoms with Crippen LogP contribution in [-0.2, 0) is 22.8 Å². The molecule has 0 radical (unpaired) electrons. The zero-order valence-electron chi connectivity index (χ0n) is 13.6. The van der Waals surface area contributed by atoms with Gasteiger partial charge in [-0.05, 0) is 0 Å². The number of hydrogen-bond acceptors (Lipinski definition) is 6. The molecular formula is C5H20N3O15P5. The summed E-state index contributed by atoms with van der Waals surface area (Å²) >= 11 is 0. The Bertz CT molecular complexity index is 660. The molecule has 0 spiro atoms. The Morgan fingerprint density at radius 1 is 0.464 bits per heavy atom. The van der Waals surface area contributed by atoms with E-state index in [0.29, 0.717) is 4.90 Å². The van der Waals surface area contributed by atoms with E-state index in [1.165, 1.54) is 0 Å². The van der Waals surface area contributed by atoms with E-state index in [2.05, 4.69) is 0 Å². The molecular weight excluding hydrogens is 497 g/mol. The summed E-state index contributed by atoms with van der Waals surface area (Å²) in [6.07, 6.45) is -1.21. The molecule has 0 atom stereocenters. The van der Waals surface area contributed by atoms with Gasteiger partial charge >= 0.3 is 38.6 Å². The molecule has 28 heavy (non-hydrogen) atoms. The van der Waals surface area contributed by atoms with Crippen molar-refractivity contribution < 1.29 is 71.8 Å². The van der Waals surface area contributed by atoms with E-state index in [1.54, 1.807) is 0 Å². The molecule has 0 rings (SSSR count). The molecule has 170 valence electrons. The average molecular weight is 517 g/mol. The number of rotatable bonds is 12. The quantitative estimate of drug-likeness (QED) is 0.119. The Hall–Kier alpha value is 0.630. The SMILES string of the molecule is O=P(O)(O)CN(CCN(P(=O)(O)O)P(=O)(O)O)CCN(P(=O)(O)O)P(=O)(O)O. The molecule has 0 aromatic heterocycles. The molecule has 10 N–H and O–H groups in total. The maximum absolute atomic E-state index is 11.1. The molecule has 0 amide bonds. The van der Waals surface area contributed by atoms with Gasteiger partial charge in [-0.25, -0.2) is 18.3 Å². The second-order valence-electron chi connectivity index (χ2n) is 5.17. The van der Waals surface area contributed by atoms with Crippen LogP contribution < -0.4 is 0 Å². The molecule has 0 aliphatic rings. The summed E-state index contributed by atoms with van der Waals surface area (Å²) in [4.78, 5) is 90.1. The van der Waals surface area contributed by atoms with Crippen LogP contribution >= 0.6 is 38.6 Å². The monoisotopic (exact) mass is 517 g/mol. The van der Waals surface area contributed by atoms with Crippen LogP contribution in [0.3, 0.4) is 0 Å². The molecule has 0 saturated heterocycles. The van der Waals surface area contributed by atoms with Crippen LogP contribution in [0.2, 0.25) is 0 Å². The van der Waals surface area contributed by atoms with Gasteiger partial charge in [-0.15, -0.1) is 8.88 Å². The minimum absolute atomic E-state index is 0.553. The van der Waals surface area contributed by atoms with E-state index >= 15 is 0 Å². The Morgan fingerprint density at radius 3 is 0.893 bits per heavy atom. The van der Waals surface area contributed by atoms with Crippen molar-refractivity contribution in [2.45, 2.75) is 0 Å². The highest BCUT2D eigenvalue weighted by Crippen LogP contribution is 2.58. The van der Waals surface area contributed by atoms with Crippen molar-refractivity contribution >= 4 is 38.6 Å². The second-order valence-corrected chi connectivity index (χ2v) is 13.4. The van der Waals surface area contributed by atoms with Crippen molar-refractivity contribution in [3.05, 3.63) is 0 Å². The summed E-state index contributed by atoms with van der Waals surface area (Å²) in [5.74, 6) is 0. The van der Waals surface area contributed by atoms with Gasteiger partial charge in [0, 0.05) is 26.2 Å². The average Bonchev–Trinajstić information content (AvgIpc) is 2.29. The lowest BCUT2D eigenvalue weighted by atomic mass is 10.5. The van der Waals surface area contributed by atoms with Crippen molar-refractivity contribution in [1.29, 1.82) is 0 Å². The molecule has 18 nitrogen and oxygen atoms in total. The topological polar surface area (TPSA) is 297 Å². The van der Waals surface area contributed by atoms with Crippen LogP contribution in [0.25, 0.3) is 0 Å². The van der Waals surface area contributed by atoms with Crippen LogP contribution in [0.1, 0.15) is 0 Å². The zero-order chi connectivity index (χ0) is 22.8. The van der Waals surface area contributed by atoms with Gasteiger partial charge in [0.05, 0.1) is 0 Å². The molecule has 23 heteroatoms. The maximum Gasteiger partial charge on any atom is 0.412 e. The van der Waals surface area contributed by atoms with Gasteiger partial charge < -0.3 is 48.9 Å². The fourth-order valence-corrected chi connectivity index (χ4v) is 6.43. The third-order valence-electron chi connectivity index (χ3n) is 2.82. The lowest BCUT2D eigenvalue weighted by Gasteiger charge is -2.30. The molecule has 0 aliphatic heterocycles. The Labute approximate surface area is 157 Å². The Morgan fingerprint density at radius 2 is 0.714 bits per heavy atom. The van der Waals surface area contributed by atoms with Crippen LogP contribution in [-0.4, -0.2) is 95.2 Å². The normalized spacial score (nSPS) is 15.0. The van der Waals surface area contributed by atoms with Crippen molar-refractivity contribution in [2.24, 2.45) is 0 Å². The molecule has 0 saturated carbocycles. The van der Waals surface area contributed by atoms with Gasteiger partial charge in [-0.2, -0.15) is 0 Å². The van der Waals surface area contributed by atoms with Crippen LogP contribution in [0.4, 0.5) is 0 Å². The third-order valence-corrected chi connectivity index (χ3v) is 9.59. The van der Waals surface area contributed by atoms with Crippen molar-refractivity contribution in [1.82, 2.24) is 13.8 Å². The summed E-state index contributed by atoms with van der Waals surface area (Å²) < 4.78 is 54.6. The summed E-state index contributed by atoms with van der Waals surface area (Å²) in [6, 6.07) is 0. The zero-order valence-corrected chi connectivity index (χ0v) is 18.1. The molecule has 0 aromatic carbocycles. The first-order valence-corrected chi connectivity index (χ1v) is 14.7. The van der Waals surface area contributed by atoms with E-state index in [9.17, 15) is 22.8 Å². The van der Waals surface area contributed by atoms with Gasteiger partial charge in [0.25, 0.3) is 0 Å². The largest absolute Gasteiger partial charge is 0.412 e. The van der Waals surface area contributed by atoms with E-state index < -0.39 is 79.9 Å². The minimum Gasteiger partial charge on any atom is -0.324 e. The summed E-state index contributed by atoms with van der Waals surface area (Å²) in [6.45, 7) is -4.03. The molecule has 0 aliphatic carbocycles. The predicted octanol–water partition coefficient (Wildman–Crippen LogP) is -2.60. The summed E-state index contributed by atoms with van der Waals surface area (Å²) in [5.41, 5.74) is 0. The Kier molecular flexibility index (Phi) is 10.1. The summed E-state index contributed by atoms with van der Waals surface area (Å²) in [7, 11) is -26.9. The van der Waals surface area contributed by atoms with Crippen molar-refractivity contribution in [3.8, 4) is 0 Å². The van der Waals surface area contributed by atoms with Gasteiger partial charge in [0.1, 0.15) is 6.29 Å². The minimum atomic E-state index is -5.51. The van der Waals surface area contributed by atoms with Crippen LogP contribution in [0.15, 0.2) is 0 Å². The van der Waals surface area contributed by atoms with E-state index in [4.69, 9.17) is 48.9 Å². The van der Waals surface area contributed by atoms with Crippen molar-refractivity contribution in [2.75, 3.05) is 32.5 Å². The number of nitrogens with zero attached hydrogens (tertiary/aromatic N) is 3. The van der Waals surface area contributed by atoms with Gasteiger partial charge in [-0.1, -0.05) is 0 Å². The number of hydrogen-bond donors (Lipinski definition) is 10. The highest BCUT2D eigenvalue weighted by atomic mass is 31.3. The fraction of sp³-hybridized carbons (Fsp3) is 1.00. The molecule has 0 aromatic rings. The molecule has 0 fully saturated rings. The third kappa shape index (κ3) is 11.1. The first-order chi connectivity index (χ1) is 12.0. The Balaban J connectivity index is 5.49. The first kappa shape index (κ1) is 28.6. The fourth-order valence-electron chi connectivity index (χ4n) is 1.80. The molecule has 0 bridgehead atoms. The smallest absolute Gasteiger partial charge is 0.324 e. The van der Waals surface area contributed by atoms with E-state index in [1.807, 2.05) is 0 Å². The van der Waals surface area contributed by atoms with Gasteiger partial charge in [0.15, 0.2) is 0 Å². The van der Waals surface area contributed by atoms with Crippen LogP contribution in [0, 0.1) is 0 Å². The second kappa shape index (κ2) is 9.84. The standard InChI is InChI=1S/C5H20N3O15P5/c9-24(10,11)5-6(1-3-7(25(12,13)14)26(15,16)17)2-4-8(27(18,19)20)28(21,22)23/h1-5H2,(H2,9,10,11)(H2,12,13,14)(H2,15,16,17)(H2,18,19,20)(H2,21,22,23).